The Kier molecular flexibility index (Phi) is 5.49. The molecule has 1 N–H and O–H groups in total. The maximum absolute atomic E-state index is 12.3. The van der Waals surface area contributed by atoms with Crippen LogP contribution in [0.5, 0.6) is 0 Å². The van der Waals surface area contributed by atoms with Gasteiger partial charge in [0.1, 0.15) is 0 Å². The lowest BCUT2D eigenvalue weighted by atomic mass is 9.99. The van der Waals surface area contributed by atoms with Gasteiger partial charge < -0.3 is 14.3 Å². The smallest absolute Gasteiger partial charge is 0.379 e. The molecule has 0 aliphatic heterocycles. The molecule has 0 unspecified atom stereocenters. The second-order valence-corrected chi connectivity index (χ2v) is 5.94. The van der Waals surface area contributed by atoms with Gasteiger partial charge in [-0.05, 0) is 13.8 Å². The lowest BCUT2D eigenvalue weighted by molar-refractivity contribution is 0.227. The first kappa shape index (κ1) is 14.6. The van der Waals surface area contributed by atoms with Crippen molar-refractivity contribution in [3.8, 4) is 0 Å². The normalized spacial score (nSPS) is 14.3. The van der Waals surface area contributed by atoms with Gasteiger partial charge in [-0.2, -0.15) is 0 Å². The van der Waals surface area contributed by atoms with Gasteiger partial charge in [-0.15, -0.1) is 0 Å². The Morgan fingerprint density at radius 1 is 1.27 bits per heavy atom. The zero-order valence-electron chi connectivity index (χ0n) is 9.98. The van der Waals surface area contributed by atoms with Gasteiger partial charge in [0.05, 0.1) is 13.2 Å². The molecule has 5 nitrogen and oxygen atoms in total. The predicted molar refractivity (Wildman–Crippen MR) is 59.5 cm³/mol. The summed E-state index contributed by atoms with van der Waals surface area (Å²) in [5, 5.41) is 12.0. The van der Waals surface area contributed by atoms with Crippen LogP contribution in [-0.4, -0.2) is 23.9 Å². The van der Waals surface area contributed by atoms with Crippen molar-refractivity contribution in [1.29, 1.82) is 0 Å². The number of nitrogens with zero attached hydrogens (tertiary/aromatic N) is 1. The molecule has 0 rings (SSSR count). The molecule has 0 atom stereocenters. The van der Waals surface area contributed by atoms with Crippen LogP contribution in [-0.2, 0) is 13.6 Å². The molecule has 0 saturated carbocycles. The van der Waals surface area contributed by atoms with E-state index in [1.54, 1.807) is 34.6 Å². The predicted octanol–water partition coefficient (Wildman–Crippen LogP) is 3.09. The molecule has 6 heteroatoms. The minimum absolute atomic E-state index is 0.0544. The van der Waals surface area contributed by atoms with E-state index >= 15 is 0 Å². The first-order chi connectivity index (χ1) is 6.81. The topological polar surface area (TPSA) is 68.1 Å². The summed E-state index contributed by atoms with van der Waals surface area (Å²) < 4.78 is 22.4. The fourth-order valence-electron chi connectivity index (χ4n) is 1.12. The van der Waals surface area contributed by atoms with Crippen molar-refractivity contribution in [3.05, 3.63) is 0 Å². The molecule has 0 aliphatic rings. The lowest BCUT2D eigenvalue weighted by Gasteiger charge is -2.26. The maximum atomic E-state index is 12.3. The summed E-state index contributed by atoms with van der Waals surface area (Å²) in [4.78, 5) is 0. The van der Waals surface area contributed by atoms with Crippen LogP contribution in [0.4, 0.5) is 0 Å². The fourth-order valence-corrected chi connectivity index (χ4v) is 3.05. The average Bonchev–Trinajstić information content (AvgIpc) is 2.02. The van der Waals surface area contributed by atoms with E-state index in [2.05, 4.69) is 5.16 Å². The second kappa shape index (κ2) is 5.64. The SMILES string of the molecule is CCOP(=O)(OCC)C(=NO)C(C)(C)C. The van der Waals surface area contributed by atoms with Gasteiger partial charge in [-0.1, -0.05) is 25.9 Å². The zero-order valence-corrected chi connectivity index (χ0v) is 10.9. The molecule has 15 heavy (non-hydrogen) atoms. The Bertz CT molecular complexity index is 260. The number of hydrogen-bond donors (Lipinski definition) is 1. The third-order valence-corrected chi connectivity index (χ3v) is 4.10. The Morgan fingerprint density at radius 2 is 1.67 bits per heavy atom. The molecule has 0 saturated heterocycles. The standard InChI is InChI=1S/C9H20NO4P/c1-6-13-15(12,14-7-2)8(10-11)9(3,4)5/h11H,6-7H2,1-5H3. The summed E-state index contributed by atoms with van der Waals surface area (Å²) in [5.74, 6) is 0. The highest BCUT2D eigenvalue weighted by Crippen LogP contribution is 2.54. The highest BCUT2D eigenvalue weighted by atomic mass is 31.2. The summed E-state index contributed by atoms with van der Waals surface area (Å²) in [6, 6.07) is 0. The first-order valence-corrected chi connectivity index (χ1v) is 6.48. The van der Waals surface area contributed by atoms with Gasteiger partial charge in [0.15, 0.2) is 5.45 Å². The molecule has 0 spiro atoms. The number of hydrogen-bond acceptors (Lipinski definition) is 5. The molecule has 0 bridgehead atoms. The fraction of sp³-hybridized carbons (Fsp3) is 0.889. The third kappa shape index (κ3) is 3.93. The minimum Gasteiger partial charge on any atom is -0.410 e. The zero-order chi connectivity index (χ0) is 12.1. The van der Waals surface area contributed by atoms with Gasteiger partial charge in [0.25, 0.3) is 0 Å². The van der Waals surface area contributed by atoms with Crippen LogP contribution < -0.4 is 0 Å². The van der Waals surface area contributed by atoms with Gasteiger partial charge in [0.2, 0.25) is 0 Å². The van der Waals surface area contributed by atoms with Gasteiger partial charge >= 0.3 is 7.60 Å². The van der Waals surface area contributed by atoms with E-state index in [1.807, 2.05) is 0 Å². The van der Waals surface area contributed by atoms with Crippen LogP contribution in [0, 0.1) is 5.41 Å². The Labute approximate surface area is 91.0 Å². The molecular weight excluding hydrogens is 217 g/mol. The van der Waals surface area contributed by atoms with Crippen molar-refractivity contribution in [3.63, 3.8) is 0 Å². The molecule has 90 valence electrons. The second-order valence-electron chi connectivity index (χ2n) is 4.01. The molecule has 0 radical (unpaired) electrons. The molecule has 0 heterocycles. The summed E-state index contributed by atoms with van der Waals surface area (Å²) in [7, 11) is -3.45. The summed E-state index contributed by atoms with van der Waals surface area (Å²) in [6.45, 7) is 9.26. The molecule has 0 aromatic rings. The monoisotopic (exact) mass is 237 g/mol. The van der Waals surface area contributed by atoms with Crippen LogP contribution in [0.15, 0.2) is 5.16 Å². The number of oxime groups is 1. The first-order valence-electron chi connectivity index (χ1n) is 4.94. The molecule has 0 fully saturated rings. The van der Waals surface area contributed by atoms with Crippen molar-refractivity contribution in [2.24, 2.45) is 10.6 Å². The average molecular weight is 237 g/mol. The highest BCUT2D eigenvalue weighted by molar-refractivity contribution is 7.72. The van der Waals surface area contributed by atoms with E-state index in [9.17, 15) is 4.57 Å². The molecule has 0 aromatic heterocycles. The van der Waals surface area contributed by atoms with Crippen molar-refractivity contribution >= 4 is 13.0 Å². The van der Waals surface area contributed by atoms with Crippen LogP contribution in [0.25, 0.3) is 0 Å². The van der Waals surface area contributed by atoms with Crippen molar-refractivity contribution in [2.75, 3.05) is 13.2 Å². The van der Waals surface area contributed by atoms with Gasteiger partial charge in [-0.3, -0.25) is 4.57 Å². The summed E-state index contributed by atoms with van der Waals surface area (Å²) >= 11 is 0. The number of rotatable bonds is 5. The minimum atomic E-state index is -3.45. The van der Waals surface area contributed by atoms with Crippen molar-refractivity contribution in [2.45, 2.75) is 34.6 Å². The van der Waals surface area contributed by atoms with E-state index < -0.39 is 13.0 Å². The van der Waals surface area contributed by atoms with E-state index in [0.29, 0.717) is 0 Å². The van der Waals surface area contributed by atoms with E-state index in [0.717, 1.165) is 0 Å². The van der Waals surface area contributed by atoms with E-state index in [1.165, 1.54) is 0 Å². The van der Waals surface area contributed by atoms with Crippen LogP contribution in [0.1, 0.15) is 34.6 Å². The van der Waals surface area contributed by atoms with Crippen LogP contribution >= 0.6 is 7.60 Å². The van der Waals surface area contributed by atoms with E-state index in [4.69, 9.17) is 14.3 Å². The Balaban J connectivity index is 5.14. The summed E-state index contributed by atoms with van der Waals surface area (Å²) in [5.41, 5.74) is -0.507. The third-order valence-electron chi connectivity index (χ3n) is 1.62. The Morgan fingerprint density at radius 3 is 1.87 bits per heavy atom. The quantitative estimate of drug-likeness (QED) is 0.345. The van der Waals surface area contributed by atoms with Crippen molar-refractivity contribution in [1.82, 2.24) is 0 Å². The Hall–Kier alpha value is -0.380. The van der Waals surface area contributed by atoms with Crippen LogP contribution in [0.2, 0.25) is 0 Å². The molecule has 0 aromatic carbocycles. The van der Waals surface area contributed by atoms with Crippen LogP contribution in [0.3, 0.4) is 0 Å². The highest BCUT2D eigenvalue weighted by Gasteiger charge is 2.40. The molecule has 0 aliphatic carbocycles. The van der Waals surface area contributed by atoms with Gasteiger partial charge in [0, 0.05) is 5.41 Å². The molecule has 0 amide bonds. The van der Waals surface area contributed by atoms with E-state index in [-0.39, 0.29) is 18.7 Å². The summed E-state index contributed by atoms with van der Waals surface area (Å²) in [6.07, 6.45) is 0. The van der Waals surface area contributed by atoms with Gasteiger partial charge in [-0.25, -0.2) is 0 Å². The molecular formula is C9H20NO4P. The largest absolute Gasteiger partial charge is 0.410 e. The maximum Gasteiger partial charge on any atom is 0.379 e. The van der Waals surface area contributed by atoms with Crippen molar-refractivity contribution < 1.29 is 18.8 Å². The lowest BCUT2D eigenvalue weighted by Crippen LogP contribution is -2.23.